The summed E-state index contributed by atoms with van der Waals surface area (Å²) in [6.07, 6.45) is 1.03. The summed E-state index contributed by atoms with van der Waals surface area (Å²) < 4.78 is 0. The van der Waals surface area contributed by atoms with Crippen molar-refractivity contribution in [3.63, 3.8) is 0 Å². The van der Waals surface area contributed by atoms with E-state index in [4.69, 9.17) is 35.4 Å². The third-order valence-electron chi connectivity index (χ3n) is 3.09. The highest BCUT2D eigenvalue weighted by molar-refractivity contribution is 7.98. The molecule has 2 rings (SSSR count). The van der Waals surface area contributed by atoms with Gasteiger partial charge in [0.2, 0.25) is 0 Å². The van der Waals surface area contributed by atoms with Crippen molar-refractivity contribution in [2.45, 2.75) is 12.2 Å². The van der Waals surface area contributed by atoms with Gasteiger partial charge in [0.25, 0.3) is 0 Å². The molecule has 0 aromatic heterocycles. The van der Waals surface area contributed by atoms with Gasteiger partial charge in [-0.25, -0.2) is 0 Å². The van der Waals surface area contributed by atoms with Crippen LogP contribution in [0.5, 0.6) is 0 Å². The molecule has 2 aromatic rings. The maximum Gasteiger partial charge on any atom is 0.170 e. The molecule has 0 saturated heterocycles. The van der Waals surface area contributed by atoms with E-state index in [0.29, 0.717) is 10.1 Å². The third-order valence-corrected chi connectivity index (χ3v) is 5.13. The number of rotatable bonds is 7. The average molecular weight is 385 g/mol. The maximum absolute atomic E-state index is 6.13. The van der Waals surface area contributed by atoms with Crippen LogP contribution in [0.3, 0.4) is 0 Å². The second kappa shape index (κ2) is 10.0. The fourth-order valence-corrected chi connectivity index (χ4v) is 3.54. The minimum Gasteiger partial charge on any atom is -0.362 e. The van der Waals surface area contributed by atoms with Crippen LogP contribution >= 0.6 is 47.2 Å². The molecule has 122 valence electrons. The quantitative estimate of drug-likeness (QED) is 0.478. The second-order valence-corrected chi connectivity index (χ2v) is 7.19. The first kappa shape index (κ1) is 18.4. The number of anilines is 1. The van der Waals surface area contributed by atoms with Gasteiger partial charge in [-0.2, -0.15) is 11.8 Å². The molecule has 0 aliphatic rings. The minimum atomic E-state index is 0.592. The van der Waals surface area contributed by atoms with Gasteiger partial charge in [-0.05, 0) is 48.2 Å². The Hall–Kier alpha value is -0.940. The zero-order chi connectivity index (χ0) is 16.5. The summed E-state index contributed by atoms with van der Waals surface area (Å²) in [6, 6.07) is 15.5. The zero-order valence-corrected chi connectivity index (χ0v) is 15.7. The molecule has 0 saturated carbocycles. The highest BCUT2D eigenvalue weighted by Crippen LogP contribution is 2.21. The molecule has 0 spiro atoms. The van der Waals surface area contributed by atoms with E-state index in [2.05, 4.69) is 16.7 Å². The summed E-state index contributed by atoms with van der Waals surface area (Å²) in [5.41, 5.74) is 2.00. The molecular formula is C17H18Cl2N2S2. The summed E-state index contributed by atoms with van der Waals surface area (Å²) in [7, 11) is 0. The van der Waals surface area contributed by atoms with Gasteiger partial charge in [-0.1, -0.05) is 53.5 Å². The number of nitrogens with one attached hydrogen (secondary N) is 2. The number of para-hydroxylation sites is 1. The molecule has 6 heteroatoms. The first-order chi connectivity index (χ1) is 11.2. The largest absolute Gasteiger partial charge is 0.362 e. The summed E-state index contributed by atoms with van der Waals surface area (Å²) in [5.74, 6) is 1.98. The van der Waals surface area contributed by atoms with Gasteiger partial charge in [0.1, 0.15) is 0 Å². The van der Waals surface area contributed by atoms with Crippen LogP contribution < -0.4 is 10.6 Å². The molecule has 0 fully saturated rings. The minimum absolute atomic E-state index is 0.592. The smallest absolute Gasteiger partial charge is 0.170 e. The van der Waals surface area contributed by atoms with Crippen molar-refractivity contribution in [2.24, 2.45) is 0 Å². The van der Waals surface area contributed by atoms with Crippen LogP contribution in [-0.2, 0) is 5.75 Å². The van der Waals surface area contributed by atoms with Crippen molar-refractivity contribution >= 4 is 58.0 Å². The molecule has 2 aromatic carbocycles. The van der Waals surface area contributed by atoms with Crippen molar-refractivity contribution in [1.29, 1.82) is 0 Å². The molecule has 0 unspecified atom stereocenters. The van der Waals surface area contributed by atoms with E-state index in [9.17, 15) is 0 Å². The van der Waals surface area contributed by atoms with Gasteiger partial charge in [-0.15, -0.1) is 0 Å². The fourth-order valence-electron chi connectivity index (χ4n) is 1.90. The van der Waals surface area contributed by atoms with E-state index < -0.39 is 0 Å². The predicted molar refractivity (Wildman–Crippen MR) is 108 cm³/mol. The Kier molecular flexibility index (Phi) is 8.03. The highest BCUT2D eigenvalue weighted by atomic mass is 35.5. The lowest BCUT2D eigenvalue weighted by Gasteiger charge is -2.11. The number of thioether (sulfide) groups is 1. The molecule has 0 bridgehead atoms. The normalized spacial score (nSPS) is 10.3. The monoisotopic (exact) mass is 384 g/mol. The number of thiocarbonyl (C=S) groups is 1. The number of hydrogen-bond acceptors (Lipinski definition) is 2. The lowest BCUT2D eigenvalue weighted by Crippen LogP contribution is -2.29. The molecule has 0 aliphatic carbocycles. The Bertz CT molecular complexity index is 650. The van der Waals surface area contributed by atoms with Crippen LogP contribution in [0, 0.1) is 0 Å². The van der Waals surface area contributed by atoms with Gasteiger partial charge in [0.05, 0.1) is 10.7 Å². The third kappa shape index (κ3) is 6.60. The molecular weight excluding hydrogens is 367 g/mol. The van der Waals surface area contributed by atoms with Crippen molar-refractivity contribution < 1.29 is 0 Å². The standard InChI is InChI=1S/C17H18Cl2N2S2/c18-14-7-2-1-6-13(14)12-23-11-5-10-20-17(22)21-16-9-4-3-8-15(16)19/h1-4,6-9H,5,10-12H2,(H2,20,21,22). The topological polar surface area (TPSA) is 24.1 Å². The van der Waals surface area contributed by atoms with E-state index >= 15 is 0 Å². The van der Waals surface area contributed by atoms with E-state index in [-0.39, 0.29) is 0 Å². The van der Waals surface area contributed by atoms with Gasteiger partial charge in [0.15, 0.2) is 5.11 Å². The first-order valence-corrected chi connectivity index (χ1v) is 9.59. The Morgan fingerprint density at radius 1 is 1.00 bits per heavy atom. The van der Waals surface area contributed by atoms with E-state index in [1.54, 1.807) is 0 Å². The Morgan fingerprint density at radius 2 is 1.70 bits per heavy atom. The van der Waals surface area contributed by atoms with E-state index in [1.165, 1.54) is 5.56 Å². The van der Waals surface area contributed by atoms with Gasteiger partial charge in [-0.3, -0.25) is 0 Å². The Morgan fingerprint density at radius 3 is 2.43 bits per heavy atom. The lowest BCUT2D eigenvalue weighted by molar-refractivity contribution is 0.854. The number of halogens is 2. The highest BCUT2D eigenvalue weighted by Gasteiger charge is 2.02. The summed E-state index contributed by atoms with van der Waals surface area (Å²) in [4.78, 5) is 0. The van der Waals surface area contributed by atoms with E-state index in [1.807, 2.05) is 54.2 Å². The molecule has 0 atom stereocenters. The van der Waals surface area contributed by atoms with E-state index in [0.717, 1.165) is 35.2 Å². The van der Waals surface area contributed by atoms with Crippen LogP contribution in [0.15, 0.2) is 48.5 Å². The van der Waals surface area contributed by atoms with Crippen molar-refractivity contribution in [1.82, 2.24) is 5.32 Å². The molecule has 0 amide bonds. The average Bonchev–Trinajstić information content (AvgIpc) is 2.54. The molecule has 0 radical (unpaired) electrons. The molecule has 2 nitrogen and oxygen atoms in total. The van der Waals surface area contributed by atoms with Crippen molar-refractivity contribution in [3.8, 4) is 0 Å². The van der Waals surface area contributed by atoms with Crippen LogP contribution in [0.2, 0.25) is 10.0 Å². The molecule has 23 heavy (non-hydrogen) atoms. The summed E-state index contributed by atoms with van der Waals surface area (Å²) in [6.45, 7) is 0.825. The predicted octanol–water partition coefficient (Wildman–Crippen LogP) is 5.60. The SMILES string of the molecule is S=C(NCCCSCc1ccccc1Cl)Nc1ccccc1Cl. The van der Waals surface area contributed by atoms with Gasteiger partial charge >= 0.3 is 0 Å². The zero-order valence-electron chi connectivity index (χ0n) is 12.5. The lowest BCUT2D eigenvalue weighted by atomic mass is 10.2. The number of benzene rings is 2. The molecule has 0 aliphatic heterocycles. The van der Waals surface area contributed by atoms with Crippen LogP contribution in [-0.4, -0.2) is 17.4 Å². The van der Waals surface area contributed by atoms with Crippen LogP contribution in [0.25, 0.3) is 0 Å². The Labute approximate surface area is 157 Å². The van der Waals surface area contributed by atoms with Gasteiger partial charge in [0, 0.05) is 17.3 Å². The van der Waals surface area contributed by atoms with Gasteiger partial charge < -0.3 is 10.6 Å². The fraction of sp³-hybridized carbons (Fsp3) is 0.235. The molecule has 2 N–H and O–H groups in total. The van der Waals surface area contributed by atoms with Crippen LogP contribution in [0.1, 0.15) is 12.0 Å². The van der Waals surface area contributed by atoms with Crippen LogP contribution in [0.4, 0.5) is 5.69 Å². The van der Waals surface area contributed by atoms with Crippen molar-refractivity contribution in [3.05, 3.63) is 64.1 Å². The molecule has 0 heterocycles. The van der Waals surface area contributed by atoms with Crippen molar-refractivity contribution in [2.75, 3.05) is 17.6 Å². The maximum atomic E-state index is 6.13. The Balaban J connectivity index is 1.59. The first-order valence-electron chi connectivity index (χ1n) is 7.27. The number of hydrogen-bond donors (Lipinski definition) is 2. The second-order valence-electron chi connectivity index (χ2n) is 4.86. The summed E-state index contributed by atoms with van der Waals surface area (Å²) >= 11 is 19.3. The summed E-state index contributed by atoms with van der Waals surface area (Å²) in [5, 5.41) is 8.38.